The molecule has 0 aliphatic heterocycles. The smallest absolute Gasteiger partial charge is 0.0540 e. The highest BCUT2D eigenvalue weighted by molar-refractivity contribution is 6.04. The molecular weight excluding hydrogens is 639 g/mol. The lowest BCUT2D eigenvalue weighted by Gasteiger charge is -2.31. The second kappa shape index (κ2) is 14.3. The van der Waals surface area contributed by atoms with E-state index in [9.17, 15) is 0 Å². The molecule has 0 heterocycles. The minimum atomic E-state index is 1.11. The van der Waals surface area contributed by atoms with Crippen LogP contribution >= 0.6 is 0 Å². The molecule has 0 spiro atoms. The SMILES string of the molecule is c1ccc(-c2ccc(-c3ccccc3N(c3ccccc3-c3ccccc3-c3ccccc3-c3ccccc3)c3cccc4ccccc34)cc2)cc1. The lowest BCUT2D eigenvalue weighted by molar-refractivity contribution is 1.30. The van der Waals surface area contributed by atoms with Crippen LogP contribution in [0.25, 0.3) is 66.4 Å². The number of hydrogen-bond acceptors (Lipinski definition) is 1. The molecule has 9 rings (SSSR count). The van der Waals surface area contributed by atoms with Crippen molar-refractivity contribution in [1.82, 2.24) is 0 Å². The van der Waals surface area contributed by atoms with E-state index in [0.29, 0.717) is 0 Å². The maximum Gasteiger partial charge on any atom is 0.0540 e. The molecule has 0 amide bonds. The fourth-order valence-electron chi connectivity index (χ4n) is 7.61. The van der Waals surface area contributed by atoms with Gasteiger partial charge >= 0.3 is 0 Å². The van der Waals surface area contributed by atoms with Crippen LogP contribution in [0.5, 0.6) is 0 Å². The fraction of sp³-hybridized carbons (Fsp3) is 0. The van der Waals surface area contributed by atoms with Crippen LogP contribution in [0.3, 0.4) is 0 Å². The minimum absolute atomic E-state index is 1.11. The lowest BCUT2D eigenvalue weighted by Crippen LogP contribution is -2.13. The predicted octanol–water partition coefficient (Wildman–Crippen LogP) is 14.6. The average Bonchev–Trinajstić information content (AvgIpc) is 3.25. The Labute approximate surface area is 311 Å². The third-order valence-corrected chi connectivity index (χ3v) is 10.1. The maximum atomic E-state index is 2.47. The van der Waals surface area contributed by atoms with E-state index in [1.54, 1.807) is 0 Å². The van der Waals surface area contributed by atoms with Crippen LogP contribution in [0, 0.1) is 0 Å². The highest BCUT2D eigenvalue weighted by atomic mass is 15.1. The molecule has 250 valence electrons. The monoisotopic (exact) mass is 675 g/mol. The summed E-state index contributed by atoms with van der Waals surface area (Å²) in [6.07, 6.45) is 0. The first kappa shape index (κ1) is 32.0. The maximum absolute atomic E-state index is 2.47. The van der Waals surface area contributed by atoms with Crippen molar-refractivity contribution in [2.75, 3.05) is 4.90 Å². The van der Waals surface area contributed by atoms with Crippen molar-refractivity contribution < 1.29 is 0 Å². The van der Waals surface area contributed by atoms with Gasteiger partial charge in [-0.2, -0.15) is 0 Å². The van der Waals surface area contributed by atoms with Gasteiger partial charge in [-0.15, -0.1) is 0 Å². The Morgan fingerprint density at radius 1 is 0.208 bits per heavy atom. The summed E-state index contributed by atoms with van der Waals surface area (Å²) in [5.74, 6) is 0. The largest absolute Gasteiger partial charge is 0.309 e. The van der Waals surface area contributed by atoms with Crippen molar-refractivity contribution in [1.29, 1.82) is 0 Å². The molecule has 0 saturated heterocycles. The van der Waals surface area contributed by atoms with E-state index in [1.165, 1.54) is 55.3 Å². The number of hydrogen-bond donors (Lipinski definition) is 0. The van der Waals surface area contributed by atoms with Crippen molar-refractivity contribution in [3.8, 4) is 55.6 Å². The van der Waals surface area contributed by atoms with E-state index in [-0.39, 0.29) is 0 Å². The molecule has 0 unspecified atom stereocenters. The topological polar surface area (TPSA) is 3.24 Å². The molecule has 0 bridgehead atoms. The number of nitrogens with zero attached hydrogens (tertiary/aromatic N) is 1. The van der Waals surface area contributed by atoms with E-state index < -0.39 is 0 Å². The molecule has 0 aliphatic carbocycles. The minimum Gasteiger partial charge on any atom is -0.309 e. The van der Waals surface area contributed by atoms with Gasteiger partial charge in [0.05, 0.1) is 17.1 Å². The first-order valence-electron chi connectivity index (χ1n) is 18.2. The second-order valence-electron chi connectivity index (χ2n) is 13.3. The molecular formula is C52H37N. The van der Waals surface area contributed by atoms with Gasteiger partial charge in [0, 0.05) is 16.5 Å². The summed E-state index contributed by atoms with van der Waals surface area (Å²) in [4.78, 5) is 2.47. The standard InChI is InChI=1S/C52H37N/c1-3-18-38(19-4-1)39-34-36-42(37-35-39)45-26-13-15-31-50(45)53(51-33-17-23-41-22-7-8-25-44(41)51)52-32-16-14-30-49(52)48-29-12-11-28-47(48)46-27-10-9-24-43(46)40-20-5-2-6-21-40/h1-37H. The lowest BCUT2D eigenvalue weighted by atomic mass is 9.88. The molecule has 0 aromatic heterocycles. The normalized spacial score (nSPS) is 11.0. The zero-order valence-corrected chi connectivity index (χ0v) is 29.3. The predicted molar refractivity (Wildman–Crippen MR) is 226 cm³/mol. The van der Waals surface area contributed by atoms with Crippen molar-refractivity contribution in [3.63, 3.8) is 0 Å². The van der Waals surface area contributed by atoms with Gasteiger partial charge in [0.1, 0.15) is 0 Å². The summed E-state index contributed by atoms with van der Waals surface area (Å²) in [6.45, 7) is 0. The Kier molecular flexibility index (Phi) is 8.66. The number of anilines is 3. The van der Waals surface area contributed by atoms with Crippen molar-refractivity contribution in [3.05, 3.63) is 224 Å². The summed E-state index contributed by atoms with van der Waals surface area (Å²) in [5, 5.41) is 2.40. The molecule has 1 nitrogen and oxygen atoms in total. The highest BCUT2D eigenvalue weighted by Crippen LogP contribution is 2.48. The molecule has 53 heavy (non-hydrogen) atoms. The highest BCUT2D eigenvalue weighted by Gasteiger charge is 2.23. The van der Waals surface area contributed by atoms with Crippen LogP contribution in [0.4, 0.5) is 17.1 Å². The third-order valence-electron chi connectivity index (χ3n) is 10.1. The van der Waals surface area contributed by atoms with Crippen molar-refractivity contribution in [2.45, 2.75) is 0 Å². The zero-order valence-electron chi connectivity index (χ0n) is 29.3. The van der Waals surface area contributed by atoms with Gasteiger partial charge in [0.2, 0.25) is 0 Å². The van der Waals surface area contributed by atoms with E-state index >= 15 is 0 Å². The molecule has 0 radical (unpaired) electrons. The number of benzene rings is 9. The Morgan fingerprint density at radius 2 is 0.585 bits per heavy atom. The Balaban J connectivity index is 1.27. The van der Waals surface area contributed by atoms with Gasteiger partial charge in [-0.1, -0.05) is 206 Å². The molecule has 0 aliphatic rings. The third kappa shape index (κ3) is 6.20. The van der Waals surface area contributed by atoms with E-state index in [2.05, 4.69) is 229 Å². The first-order chi connectivity index (χ1) is 26.3. The van der Waals surface area contributed by atoms with Crippen LogP contribution in [0.1, 0.15) is 0 Å². The molecule has 0 N–H and O–H groups in total. The summed E-state index contributed by atoms with van der Waals surface area (Å²) in [5.41, 5.74) is 15.3. The van der Waals surface area contributed by atoms with Crippen LogP contribution in [0.2, 0.25) is 0 Å². The van der Waals surface area contributed by atoms with Crippen LogP contribution in [0.15, 0.2) is 224 Å². The van der Waals surface area contributed by atoms with Gasteiger partial charge in [0.25, 0.3) is 0 Å². The quantitative estimate of drug-likeness (QED) is 0.155. The second-order valence-corrected chi connectivity index (χ2v) is 13.3. The molecule has 9 aromatic rings. The summed E-state index contributed by atoms with van der Waals surface area (Å²) < 4.78 is 0. The van der Waals surface area contributed by atoms with E-state index in [1.807, 2.05) is 0 Å². The van der Waals surface area contributed by atoms with Gasteiger partial charge in [-0.3, -0.25) is 0 Å². The molecule has 0 fully saturated rings. The Morgan fingerprint density at radius 3 is 1.26 bits per heavy atom. The summed E-state index contributed by atoms with van der Waals surface area (Å²) in [6, 6.07) is 80.9. The Hall–Kier alpha value is -6.96. The van der Waals surface area contributed by atoms with Gasteiger partial charge in [0.15, 0.2) is 0 Å². The number of rotatable bonds is 8. The summed E-state index contributed by atoms with van der Waals surface area (Å²) in [7, 11) is 0. The molecule has 9 aromatic carbocycles. The molecule has 1 heteroatoms. The van der Waals surface area contributed by atoms with Gasteiger partial charge < -0.3 is 4.90 Å². The summed E-state index contributed by atoms with van der Waals surface area (Å²) >= 11 is 0. The number of fused-ring (bicyclic) bond motifs is 1. The van der Waals surface area contributed by atoms with E-state index in [4.69, 9.17) is 0 Å². The number of para-hydroxylation sites is 2. The van der Waals surface area contributed by atoms with Crippen LogP contribution in [-0.2, 0) is 0 Å². The van der Waals surface area contributed by atoms with E-state index in [0.717, 1.165) is 28.2 Å². The van der Waals surface area contributed by atoms with Gasteiger partial charge in [-0.05, 0) is 68.1 Å². The molecule has 0 saturated carbocycles. The van der Waals surface area contributed by atoms with Crippen molar-refractivity contribution >= 4 is 27.8 Å². The molecule has 0 atom stereocenters. The van der Waals surface area contributed by atoms with Crippen LogP contribution in [-0.4, -0.2) is 0 Å². The van der Waals surface area contributed by atoms with Gasteiger partial charge in [-0.25, -0.2) is 0 Å². The Bertz CT molecular complexity index is 2650. The van der Waals surface area contributed by atoms with Crippen LogP contribution < -0.4 is 4.90 Å². The van der Waals surface area contributed by atoms with Crippen molar-refractivity contribution in [2.24, 2.45) is 0 Å². The fourth-order valence-corrected chi connectivity index (χ4v) is 7.61. The first-order valence-corrected chi connectivity index (χ1v) is 18.2. The average molecular weight is 676 g/mol. The zero-order chi connectivity index (χ0) is 35.4.